The summed E-state index contributed by atoms with van der Waals surface area (Å²) in [6.45, 7) is 0. The summed E-state index contributed by atoms with van der Waals surface area (Å²) in [5.74, 6) is 0. The maximum Gasteiger partial charge on any atom is 0.168 e. The molecule has 0 saturated heterocycles. The van der Waals surface area contributed by atoms with E-state index >= 15 is 0 Å². The summed E-state index contributed by atoms with van der Waals surface area (Å²) in [6.07, 6.45) is 6.87. The molecule has 0 amide bonds. The molecule has 0 atom stereocenters. The van der Waals surface area contributed by atoms with Crippen LogP contribution in [-0.4, -0.2) is 5.25 Å². The van der Waals surface area contributed by atoms with Crippen molar-refractivity contribution >= 4 is 32.4 Å². The van der Waals surface area contributed by atoms with Crippen molar-refractivity contribution in [2.75, 3.05) is 0 Å². The van der Waals surface area contributed by atoms with Gasteiger partial charge in [0.25, 0.3) is 0 Å². The average molecular weight is 370 g/mol. The first-order chi connectivity index (χ1) is 13.4. The van der Waals surface area contributed by atoms with Gasteiger partial charge in [0.2, 0.25) is 0 Å². The van der Waals surface area contributed by atoms with Crippen LogP contribution in [0.25, 0.3) is 21.5 Å². The van der Waals surface area contributed by atoms with E-state index in [1.807, 2.05) is 0 Å². The van der Waals surface area contributed by atoms with Gasteiger partial charge in [-0.1, -0.05) is 67.1 Å². The Balaban J connectivity index is 1.76. The van der Waals surface area contributed by atoms with Gasteiger partial charge in [0.05, 0.1) is 10.9 Å². The van der Waals surface area contributed by atoms with Crippen molar-refractivity contribution in [3.8, 4) is 0 Å². The third-order valence-corrected chi connectivity index (χ3v) is 8.66. The number of benzene rings is 4. The molecule has 0 bridgehead atoms. The van der Waals surface area contributed by atoms with Gasteiger partial charge >= 0.3 is 0 Å². The fourth-order valence-electron chi connectivity index (χ4n) is 4.55. The molecule has 1 aliphatic carbocycles. The van der Waals surface area contributed by atoms with Crippen molar-refractivity contribution in [1.82, 2.24) is 0 Å². The Morgan fingerprint density at radius 1 is 0.519 bits per heavy atom. The molecule has 5 rings (SSSR count). The third kappa shape index (κ3) is 3.15. The Morgan fingerprint density at radius 2 is 1.00 bits per heavy atom. The van der Waals surface area contributed by atoms with Crippen molar-refractivity contribution in [2.24, 2.45) is 0 Å². The first-order valence-corrected chi connectivity index (χ1v) is 11.4. The van der Waals surface area contributed by atoms with Gasteiger partial charge in [0, 0.05) is 10.8 Å². The molecule has 1 fully saturated rings. The predicted octanol–water partition coefficient (Wildman–Crippen LogP) is 7.36. The van der Waals surface area contributed by atoms with Gasteiger partial charge in [0.15, 0.2) is 9.79 Å². The predicted molar refractivity (Wildman–Crippen MR) is 119 cm³/mol. The molecule has 0 aliphatic heterocycles. The summed E-state index contributed by atoms with van der Waals surface area (Å²) in [5.41, 5.74) is 0. The lowest BCUT2D eigenvalue weighted by Crippen LogP contribution is -2.25. The van der Waals surface area contributed by atoms with Crippen molar-refractivity contribution in [3.05, 3.63) is 84.9 Å². The smallest absolute Gasteiger partial charge is 0.0616 e. The second kappa shape index (κ2) is 7.40. The number of rotatable bonds is 3. The lowest BCUT2D eigenvalue weighted by molar-refractivity contribution is 0.512. The number of fused-ring (bicyclic) bond motifs is 2. The molecule has 1 aliphatic rings. The molecule has 1 saturated carbocycles. The molecule has 0 N–H and O–H groups in total. The maximum atomic E-state index is 2.39. The quantitative estimate of drug-likeness (QED) is 0.331. The van der Waals surface area contributed by atoms with Gasteiger partial charge in [-0.3, -0.25) is 0 Å². The lowest BCUT2D eigenvalue weighted by atomic mass is 10.0. The van der Waals surface area contributed by atoms with Crippen LogP contribution >= 0.6 is 0 Å². The van der Waals surface area contributed by atoms with Gasteiger partial charge in [-0.05, 0) is 60.7 Å². The molecule has 0 heterocycles. The van der Waals surface area contributed by atoms with E-state index in [2.05, 4.69) is 84.9 Å². The fraction of sp³-hybridized carbons (Fsp3) is 0.231. The largest absolute Gasteiger partial charge is 0.168 e. The van der Waals surface area contributed by atoms with E-state index in [1.165, 1.54) is 63.4 Å². The van der Waals surface area contributed by atoms with Crippen molar-refractivity contribution in [3.63, 3.8) is 0 Å². The summed E-state index contributed by atoms with van der Waals surface area (Å²) in [7, 11) is 0.113. The van der Waals surface area contributed by atoms with Crippen molar-refractivity contribution in [1.29, 1.82) is 0 Å². The Kier molecular flexibility index (Phi) is 4.63. The number of hydrogen-bond acceptors (Lipinski definition) is 0. The van der Waals surface area contributed by atoms with E-state index in [0.717, 1.165) is 5.25 Å². The highest BCUT2D eigenvalue weighted by atomic mass is 32.2. The molecule has 4 aromatic rings. The zero-order valence-corrected chi connectivity index (χ0v) is 16.4. The first-order valence-electron chi connectivity index (χ1n) is 10.1. The van der Waals surface area contributed by atoms with Crippen LogP contribution in [0.2, 0.25) is 0 Å². The van der Waals surface area contributed by atoms with Crippen molar-refractivity contribution < 1.29 is 0 Å². The molecular formula is C26H25S+. The van der Waals surface area contributed by atoms with Crippen LogP contribution in [0.4, 0.5) is 0 Å². The summed E-state index contributed by atoms with van der Waals surface area (Å²) in [5, 5.41) is 6.35. The van der Waals surface area contributed by atoms with Crippen LogP contribution in [0, 0.1) is 0 Å². The summed E-state index contributed by atoms with van der Waals surface area (Å²) in [6, 6.07) is 31.6. The standard InChI is InChI=1S/C26H25S/c1-2-14-22(15-3-1)27(25-18-8-12-20-10-4-6-16-23(20)25)26-19-9-13-21-11-5-7-17-24(21)26/h4-13,16-19,22H,1-3,14-15H2/q+1. The highest BCUT2D eigenvalue weighted by Crippen LogP contribution is 2.40. The van der Waals surface area contributed by atoms with Crippen LogP contribution in [-0.2, 0) is 10.9 Å². The minimum absolute atomic E-state index is 0.113. The second-order valence-electron chi connectivity index (χ2n) is 7.55. The van der Waals surface area contributed by atoms with E-state index in [9.17, 15) is 0 Å². The molecule has 0 aromatic heterocycles. The highest BCUT2D eigenvalue weighted by molar-refractivity contribution is 7.98. The molecule has 1 heteroatoms. The number of hydrogen-bond donors (Lipinski definition) is 0. The van der Waals surface area contributed by atoms with Crippen LogP contribution in [0.15, 0.2) is 94.7 Å². The van der Waals surface area contributed by atoms with Gasteiger partial charge in [-0.15, -0.1) is 0 Å². The molecule has 134 valence electrons. The van der Waals surface area contributed by atoms with E-state index < -0.39 is 0 Å². The maximum absolute atomic E-state index is 2.39. The SMILES string of the molecule is c1ccc2c([S+](c3cccc4ccccc34)C3CCCCC3)cccc2c1. The average Bonchev–Trinajstić information content (AvgIpc) is 2.75. The molecule has 0 nitrogen and oxygen atoms in total. The summed E-state index contributed by atoms with van der Waals surface area (Å²) < 4.78 is 0. The van der Waals surface area contributed by atoms with Crippen LogP contribution < -0.4 is 0 Å². The van der Waals surface area contributed by atoms with E-state index in [1.54, 1.807) is 0 Å². The zero-order chi connectivity index (χ0) is 18.1. The third-order valence-electron chi connectivity index (χ3n) is 5.86. The van der Waals surface area contributed by atoms with E-state index in [4.69, 9.17) is 0 Å². The van der Waals surface area contributed by atoms with Crippen LogP contribution in [0.3, 0.4) is 0 Å². The van der Waals surface area contributed by atoms with Crippen molar-refractivity contribution in [2.45, 2.75) is 47.1 Å². The normalized spacial score (nSPS) is 15.6. The van der Waals surface area contributed by atoms with Crippen LogP contribution in [0.5, 0.6) is 0 Å². The second-order valence-corrected chi connectivity index (χ2v) is 9.77. The zero-order valence-electron chi connectivity index (χ0n) is 15.6. The summed E-state index contributed by atoms with van der Waals surface area (Å²) in [4.78, 5) is 3.08. The van der Waals surface area contributed by atoms with Crippen LogP contribution in [0.1, 0.15) is 32.1 Å². The Bertz CT molecular complexity index is 986. The highest BCUT2D eigenvalue weighted by Gasteiger charge is 2.38. The monoisotopic (exact) mass is 369 g/mol. The molecular weight excluding hydrogens is 344 g/mol. The topological polar surface area (TPSA) is 0 Å². The van der Waals surface area contributed by atoms with Gasteiger partial charge in [-0.2, -0.15) is 0 Å². The molecule has 4 aromatic carbocycles. The molecule has 0 radical (unpaired) electrons. The molecule has 0 spiro atoms. The minimum atomic E-state index is 0.113. The molecule has 0 unspecified atom stereocenters. The Morgan fingerprint density at radius 3 is 1.56 bits per heavy atom. The van der Waals surface area contributed by atoms with E-state index in [0.29, 0.717) is 0 Å². The van der Waals surface area contributed by atoms with E-state index in [-0.39, 0.29) is 10.9 Å². The van der Waals surface area contributed by atoms with Gasteiger partial charge < -0.3 is 0 Å². The van der Waals surface area contributed by atoms with Gasteiger partial charge in [-0.25, -0.2) is 0 Å². The fourth-order valence-corrected chi connectivity index (χ4v) is 7.61. The first kappa shape index (κ1) is 16.9. The Hall–Kier alpha value is -2.25. The lowest BCUT2D eigenvalue weighted by Gasteiger charge is -2.24. The Labute approximate surface area is 164 Å². The molecule has 27 heavy (non-hydrogen) atoms. The minimum Gasteiger partial charge on any atom is -0.0616 e. The summed E-state index contributed by atoms with van der Waals surface area (Å²) >= 11 is 0. The van der Waals surface area contributed by atoms with Gasteiger partial charge in [0.1, 0.15) is 5.25 Å².